The molecule has 9 nitrogen and oxygen atoms in total. The maximum Gasteiger partial charge on any atom is 0.322 e. The Balaban J connectivity index is 1.30. The molecule has 4 rings (SSSR count). The number of hydrogen-bond acceptors (Lipinski definition) is 7. The maximum atomic E-state index is 12.6. The monoisotopic (exact) mass is 425 g/mol. The first-order valence-electron chi connectivity index (χ1n) is 9.65. The molecule has 2 aromatic rings. The number of rotatable bonds is 4. The highest BCUT2D eigenvalue weighted by atomic mass is 32.2. The van der Waals surface area contributed by atoms with Gasteiger partial charge in [0.15, 0.2) is 0 Å². The van der Waals surface area contributed by atoms with E-state index in [0.717, 1.165) is 18.8 Å². The number of urea groups is 1. The van der Waals surface area contributed by atoms with E-state index in [4.69, 9.17) is 0 Å². The van der Waals surface area contributed by atoms with Crippen LogP contribution in [0, 0.1) is 0 Å². The van der Waals surface area contributed by atoms with Gasteiger partial charge >= 0.3 is 6.03 Å². The zero-order valence-electron chi connectivity index (χ0n) is 16.6. The van der Waals surface area contributed by atoms with E-state index in [-0.39, 0.29) is 23.4 Å². The van der Waals surface area contributed by atoms with E-state index in [0.29, 0.717) is 18.8 Å². The van der Waals surface area contributed by atoms with Gasteiger partial charge in [0, 0.05) is 45.0 Å². The zero-order chi connectivity index (χ0) is 20.9. The van der Waals surface area contributed by atoms with Crippen molar-refractivity contribution in [3.63, 3.8) is 0 Å². The van der Waals surface area contributed by atoms with Crippen molar-refractivity contribution < 1.29 is 9.59 Å². The number of aromatic nitrogens is 2. The first kappa shape index (κ1) is 20.2. The molecule has 2 aliphatic heterocycles. The minimum atomic E-state index is -0.244. The molecule has 156 valence electrons. The van der Waals surface area contributed by atoms with Gasteiger partial charge in [0.2, 0.25) is 11.9 Å². The summed E-state index contributed by atoms with van der Waals surface area (Å²) in [5.74, 6) is -0.0362. The lowest BCUT2D eigenvalue weighted by Crippen LogP contribution is -2.54. The van der Waals surface area contributed by atoms with Crippen LogP contribution in [-0.4, -0.2) is 63.4 Å². The molecular weight excluding hydrogens is 402 g/mol. The third-order valence-electron chi connectivity index (χ3n) is 4.82. The first-order valence-corrected chi connectivity index (χ1v) is 10.6. The van der Waals surface area contributed by atoms with E-state index in [9.17, 15) is 9.59 Å². The standard InChI is InChI=1S/C20H23N7O2S/c1-15(28)23-18-21-13-16(14-22-18)24-19(29)25-7-9-26(10-8-25)20-27(11-12-30-20)17-5-3-2-4-6-17/h2-6,11-14,20H,7-10H2,1H3,(H,24,29)(H,21,22,23,28). The molecular formula is C20H23N7O2S. The summed E-state index contributed by atoms with van der Waals surface area (Å²) in [6.07, 6.45) is 5.06. The van der Waals surface area contributed by atoms with Crippen LogP contribution in [0.4, 0.5) is 22.1 Å². The Bertz CT molecular complexity index is 915. The lowest BCUT2D eigenvalue weighted by molar-refractivity contribution is -0.114. The van der Waals surface area contributed by atoms with Crippen molar-refractivity contribution in [3.05, 3.63) is 54.3 Å². The molecule has 1 atom stereocenters. The van der Waals surface area contributed by atoms with Gasteiger partial charge in [0.1, 0.15) is 5.50 Å². The quantitative estimate of drug-likeness (QED) is 0.778. The van der Waals surface area contributed by atoms with Crippen LogP contribution >= 0.6 is 11.8 Å². The van der Waals surface area contributed by atoms with Crippen molar-refractivity contribution in [1.29, 1.82) is 0 Å². The lowest BCUT2D eigenvalue weighted by Gasteiger charge is -2.40. The second-order valence-electron chi connectivity index (χ2n) is 6.92. The Hall–Kier alpha value is -3.11. The van der Waals surface area contributed by atoms with Crippen LogP contribution in [0.25, 0.3) is 0 Å². The molecule has 30 heavy (non-hydrogen) atoms. The van der Waals surface area contributed by atoms with Gasteiger partial charge in [-0.3, -0.25) is 15.0 Å². The fourth-order valence-corrected chi connectivity index (χ4v) is 4.40. The molecule has 0 saturated carbocycles. The normalized spacial score (nSPS) is 19.0. The van der Waals surface area contributed by atoms with Crippen LogP contribution < -0.4 is 15.5 Å². The summed E-state index contributed by atoms with van der Waals surface area (Å²) in [4.78, 5) is 38.1. The van der Waals surface area contributed by atoms with Gasteiger partial charge in [0.25, 0.3) is 0 Å². The summed E-state index contributed by atoms with van der Waals surface area (Å²) in [6.45, 7) is 4.23. The van der Waals surface area contributed by atoms with E-state index in [1.807, 2.05) is 18.2 Å². The highest BCUT2D eigenvalue weighted by Crippen LogP contribution is 2.33. The third-order valence-corrected chi connectivity index (χ3v) is 5.87. The Morgan fingerprint density at radius 2 is 1.73 bits per heavy atom. The number of carbonyl (C=O) groups excluding carboxylic acids is 2. The number of amides is 3. The number of anilines is 3. The Morgan fingerprint density at radius 1 is 1.03 bits per heavy atom. The third kappa shape index (κ3) is 4.71. The molecule has 1 saturated heterocycles. The van der Waals surface area contributed by atoms with Crippen molar-refractivity contribution in [1.82, 2.24) is 19.8 Å². The summed E-state index contributed by atoms with van der Waals surface area (Å²) >= 11 is 1.78. The summed E-state index contributed by atoms with van der Waals surface area (Å²) in [7, 11) is 0. The maximum absolute atomic E-state index is 12.6. The van der Waals surface area contributed by atoms with Crippen molar-refractivity contribution in [3.8, 4) is 0 Å². The molecule has 10 heteroatoms. The Labute approximate surface area is 179 Å². The molecule has 1 fully saturated rings. The summed E-state index contributed by atoms with van der Waals surface area (Å²) < 4.78 is 0. The van der Waals surface area contributed by atoms with Crippen LogP contribution in [0.1, 0.15) is 6.92 Å². The fraction of sp³-hybridized carbons (Fsp3) is 0.300. The van der Waals surface area contributed by atoms with Gasteiger partial charge < -0.3 is 15.1 Å². The van der Waals surface area contributed by atoms with Gasteiger partial charge in [-0.25, -0.2) is 14.8 Å². The molecule has 1 aromatic heterocycles. The van der Waals surface area contributed by atoms with Crippen LogP contribution in [0.5, 0.6) is 0 Å². The van der Waals surface area contributed by atoms with Gasteiger partial charge in [0.05, 0.1) is 18.1 Å². The molecule has 0 radical (unpaired) electrons. The minimum Gasteiger partial charge on any atom is -0.322 e. The van der Waals surface area contributed by atoms with Crippen LogP contribution in [-0.2, 0) is 4.79 Å². The van der Waals surface area contributed by atoms with E-state index in [2.05, 4.69) is 54.1 Å². The Kier molecular flexibility index (Phi) is 6.15. The molecule has 1 unspecified atom stereocenters. The minimum absolute atomic E-state index is 0.178. The van der Waals surface area contributed by atoms with E-state index in [1.165, 1.54) is 19.3 Å². The second-order valence-corrected chi connectivity index (χ2v) is 7.89. The fourth-order valence-electron chi connectivity index (χ4n) is 3.35. The first-order chi connectivity index (χ1) is 14.6. The molecule has 3 heterocycles. The van der Waals surface area contributed by atoms with Crippen molar-refractivity contribution in [2.75, 3.05) is 41.7 Å². The van der Waals surface area contributed by atoms with Gasteiger partial charge in [-0.05, 0) is 17.5 Å². The lowest BCUT2D eigenvalue weighted by atomic mass is 10.3. The number of benzene rings is 1. The second kappa shape index (κ2) is 9.14. The van der Waals surface area contributed by atoms with Gasteiger partial charge in [-0.1, -0.05) is 30.0 Å². The Morgan fingerprint density at radius 3 is 2.40 bits per heavy atom. The molecule has 0 aliphatic carbocycles. The SMILES string of the molecule is CC(=O)Nc1ncc(NC(=O)N2CCN(C3SC=CN3c3ccccc3)CC2)cn1. The van der Waals surface area contributed by atoms with Crippen molar-refractivity contribution in [2.45, 2.75) is 12.4 Å². The predicted octanol–water partition coefficient (Wildman–Crippen LogP) is 2.59. The predicted molar refractivity (Wildman–Crippen MR) is 118 cm³/mol. The number of piperazine rings is 1. The topological polar surface area (TPSA) is 93.7 Å². The van der Waals surface area contributed by atoms with E-state index < -0.39 is 0 Å². The molecule has 2 aliphatic rings. The van der Waals surface area contributed by atoms with Gasteiger partial charge in [-0.15, -0.1) is 0 Å². The van der Waals surface area contributed by atoms with Gasteiger partial charge in [-0.2, -0.15) is 0 Å². The summed E-state index contributed by atoms with van der Waals surface area (Å²) in [6, 6.07) is 10.1. The highest BCUT2D eigenvalue weighted by molar-refractivity contribution is 8.03. The summed E-state index contributed by atoms with van der Waals surface area (Å²) in [5, 5.41) is 7.42. The summed E-state index contributed by atoms with van der Waals surface area (Å²) in [5.41, 5.74) is 1.85. The number of thioether (sulfide) groups is 1. The largest absolute Gasteiger partial charge is 0.322 e. The van der Waals surface area contributed by atoms with Crippen LogP contribution in [0.2, 0.25) is 0 Å². The number of nitrogens with one attached hydrogen (secondary N) is 2. The molecule has 2 N–H and O–H groups in total. The van der Waals surface area contributed by atoms with Crippen LogP contribution in [0.3, 0.4) is 0 Å². The number of carbonyl (C=O) groups is 2. The average Bonchev–Trinajstić information content (AvgIpc) is 3.25. The molecule has 3 amide bonds. The van der Waals surface area contributed by atoms with E-state index in [1.54, 1.807) is 16.7 Å². The average molecular weight is 426 g/mol. The molecule has 0 bridgehead atoms. The number of nitrogens with zero attached hydrogens (tertiary/aromatic N) is 5. The molecule has 1 aromatic carbocycles. The highest BCUT2D eigenvalue weighted by Gasteiger charge is 2.31. The zero-order valence-corrected chi connectivity index (χ0v) is 17.4. The van der Waals surface area contributed by atoms with Crippen molar-refractivity contribution >= 4 is 41.0 Å². The molecule has 0 spiro atoms. The van der Waals surface area contributed by atoms with Crippen LogP contribution in [0.15, 0.2) is 54.3 Å². The van der Waals surface area contributed by atoms with Crippen molar-refractivity contribution in [2.24, 2.45) is 0 Å². The number of para-hydroxylation sites is 1. The smallest absolute Gasteiger partial charge is 0.322 e. The van der Waals surface area contributed by atoms with E-state index >= 15 is 0 Å². The number of hydrogen-bond donors (Lipinski definition) is 2.